The van der Waals surface area contributed by atoms with Crippen molar-refractivity contribution in [3.05, 3.63) is 11.9 Å². The van der Waals surface area contributed by atoms with Gasteiger partial charge < -0.3 is 10.6 Å². The normalized spacial score (nSPS) is 41.2. The summed E-state index contributed by atoms with van der Waals surface area (Å²) in [6.45, 7) is 12.0. The zero-order valence-corrected chi connectivity index (χ0v) is 20.4. The van der Waals surface area contributed by atoms with Crippen LogP contribution in [0.1, 0.15) is 98.8 Å². The van der Waals surface area contributed by atoms with E-state index in [1.54, 1.807) is 6.20 Å². The molecule has 0 spiro atoms. The monoisotopic (exact) mass is 428 g/mol. The largest absolute Gasteiger partial charge is 0.331 e. The van der Waals surface area contributed by atoms with E-state index in [9.17, 15) is 9.59 Å². The lowest BCUT2D eigenvalue weighted by molar-refractivity contribution is -0.124. The lowest BCUT2D eigenvalue weighted by Crippen LogP contribution is -2.47. The van der Waals surface area contributed by atoms with Crippen molar-refractivity contribution in [3.63, 3.8) is 0 Å². The first-order valence-corrected chi connectivity index (χ1v) is 12.9. The van der Waals surface area contributed by atoms with Crippen LogP contribution in [0.15, 0.2) is 11.9 Å². The Morgan fingerprint density at radius 3 is 2.52 bits per heavy atom. The molecule has 2 aliphatic carbocycles. The summed E-state index contributed by atoms with van der Waals surface area (Å²) >= 11 is 0. The van der Waals surface area contributed by atoms with Gasteiger partial charge in [0.25, 0.3) is 0 Å². The molecule has 4 heteroatoms. The van der Waals surface area contributed by atoms with Crippen LogP contribution in [-0.2, 0) is 9.59 Å². The number of fused-ring (bicyclic) bond motifs is 5. The molecule has 0 radical (unpaired) electrons. The van der Waals surface area contributed by atoms with Crippen molar-refractivity contribution in [2.45, 2.75) is 98.8 Å². The second kappa shape index (κ2) is 8.56. The molecule has 2 heterocycles. The highest BCUT2D eigenvalue weighted by Gasteiger charge is 2.59. The number of nitrogens with one attached hydrogen (secondary N) is 2. The standard InChI is InChI=1S/C27H44N2O2/c1-17(2)7-6-8-18(3)20-9-10-21-19-15-25(31)29-23-16-28-24(30)12-14-27(23,5)22(19)11-13-26(20,21)4/h16-22H,6-15H2,1-5H3,(H,28,30)(H,29,31). The molecule has 0 aromatic rings. The Labute approximate surface area is 189 Å². The Balaban J connectivity index is 1.57. The Morgan fingerprint density at radius 2 is 1.77 bits per heavy atom. The molecule has 31 heavy (non-hydrogen) atoms. The zero-order valence-electron chi connectivity index (χ0n) is 20.4. The predicted octanol–water partition coefficient (Wildman–Crippen LogP) is 5.79. The van der Waals surface area contributed by atoms with Gasteiger partial charge in [-0.25, -0.2) is 0 Å². The van der Waals surface area contributed by atoms with Gasteiger partial charge in [0.05, 0.1) is 0 Å². The van der Waals surface area contributed by atoms with Crippen molar-refractivity contribution in [1.82, 2.24) is 10.6 Å². The Morgan fingerprint density at radius 1 is 1.00 bits per heavy atom. The van der Waals surface area contributed by atoms with E-state index in [0.29, 0.717) is 36.0 Å². The molecule has 7 unspecified atom stereocenters. The highest BCUT2D eigenvalue weighted by Crippen LogP contribution is 2.65. The second-order valence-corrected chi connectivity index (χ2v) is 12.2. The molecular weight excluding hydrogens is 384 g/mol. The van der Waals surface area contributed by atoms with Crippen LogP contribution in [0.2, 0.25) is 0 Å². The molecule has 0 aromatic carbocycles. The van der Waals surface area contributed by atoms with Gasteiger partial charge in [0.1, 0.15) is 0 Å². The minimum atomic E-state index is -0.113. The number of amides is 2. The van der Waals surface area contributed by atoms with E-state index in [1.165, 1.54) is 44.9 Å². The number of allylic oxidation sites excluding steroid dienone is 1. The van der Waals surface area contributed by atoms with Crippen LogP contribution < -0.4 is 10.6 Å². The average Bonchev–Trinajstić information content (AvgIpc) is 2.93. The highest BCUT2D eigenvalue weighted by molar-refractivity contribution is 5.81. The summed E-state index contributed by atoms with van der Waals surface area (Å²) in [5, 5.41) is 6.11. The van der Waals surface area contributed by atoms with Crippen LogP contribution in [0.5, 0.6) is 0 Å². The van der Waals surface area contributed by atoms with Gasteiger partial charge in [0.15, 0.2) is 0 Å². The van der Waals surface area contributed by atoms with Crippen LogP contribution in [0, 0.1) is 46.3 Å². The first-order chi connectivity index (χ1) is 14.6. The molecule has 2 aliphatic heterocycles. The van der Waals surface area contributed by atoms with E-state index in [-0.39, 0.29) is 17.2 Å². The third kappa shape index (κ3) is 4.09. The van der Waals surface area contributed by atoms with Crippen molar-refractivity contribution < 1.29 is 9.59 Å². The Hall–Kier alpha value is -1.32. The molecule has 4 aliphatic rings. The number of carbonyl (C=O) groups excluding carboxylic acids is 2. The van der Waals surface area contributed by atoms with E-state index >= 15 is 0 Å². The topological polar surface area (TPSA) is 58.2 Å². The van der Waals surface area contributed by atoms with E-state index in [1.807, 2.05) is 0 Å². The minimum absolute atomic E-state index is 0.0735. The fourth-order valence-corrected chi connectivity index (χ4v) is 8.26. The maximum atomic E-state index is 13.0. The van der Waals surface area contributed by atoms with E-state index in [4.69, 9.17) is 0 Å². The molecule has 4 nitrogen and oxygen atoms in total. The lowest BCUT2D eigenvalue weighted by Gasteiger charge is -2.53. The van der Waals surface area contributed by atoms with E-state index in [2.05, 4.69) is 45.3 Å². The van der Waals surface area contributed by atoms with Gasteiger partial charge in [-0.2, -0.15) is 0 Å². The molecule has 0 aromatic heterocycles. The lowest BCUT2D eigenvalue weighted by atomic mass is 9.51. The second-order valence-electron chi connectivity index (χ2n) is 12.2. The van der Waals surface area contributed by atoms with E-state index in [0.717, 1.165) is 29.9 Å². The zero-order chi connectivity index (χ0) is 22.4. The molecule has 3 fully saturated rings. The SMILES string of the molecule is CC(C)CCCC(C)C1CCC2C3CC(=O)NC4=CNC(=O)CCC4(C)C3CCC12C. The average molecular weight is 429 g/mol. The van der Waals surface area contributed by atoms with Crippen molar-refractivity contribution >= 4 is 11.8 Å². The van der Waals surface area contributed by atoms with E-state index < -0.39 is 0 Å². The molecule has 174 valence electrons. The molecule has 0 bridgehead atoms. The summed E-state index contributed by atoms with van der Waals surface area (Å²) in [6.07, 6.45) is 12.9. The summed E-state index contributed by atoms with van der Waals surface area (Å²) in [6, 6.07) is 0. The third-order valence-corrected chi connectivity index (χ3v) is 10.0. The van der Waals surface area contributed by atoms with Gasteiger partial charge in [-0.15, -0.1) is 0 Å². The van der Waals surface area contributed by atoms with Crippen molar-refractivity contribution in [1.29, 1.82) is 0 Å². The van der Waals surface area contributed by atoms with Gasteiger partial charge in [-0.3, -0.25) is 9.59 Å². The third-order valence-electron chi connectivity index (χ3n) is 10.0. The van der Waals surface area contributed by atoms with Crippen molar-refractivity contribution in [2.75, 3.05) is 0 Å². The number of rotatable bonds is 5. The van der Waals surface area contributed by atoms with Crippen LogP contribution in [0.3, 0.4) is 0 Å². The van der Waals surface area contributed by atoms with Gasteiger partial charge in [-0.05, 0) is 73.0 Å². The van der Waals surface area contributed by atoms with Gasteiger partial charge in [0, 0.05) is 30.2 Å². The molecule has 7 atom stereocenters. The first-order valence-electron chi connectivity index (χ1n) is 12.9. The van der Waals surface area contributed by atoms with Crippen molar-refractivity contribution in [3.8, 4) is 0 Å². The molecule has 2 amide bonds. The minimum Gasteiger partial charge on any atom is -0.331 e. The van der Waals surface area contributed by atoms with Crippen molar-refractivity contribution in [2.24, 2.45) is 46.3 Å². The number of carbonyl (C=O) groups is 2. The quantitative estimate of drug-likeness (QED) is 0.583. The molecule has 4 rings (SSSR count). The van der Waals surface area contributed by atoms with Crippen LogP contribution in [0.25, 0.3) is 0 Å². The van der Waals surface area contributed by atoms with Crippen LogP contribution in [0.4, 0.5) is 0 Å². The summed E-state index contributed by atoms with van der Waals surface area (Å²) in [5.74, 6) is 4.14. The number of hydrogen-bond donors (Lipinski definition) is 2. The summed E-state index contributed by atoms with van der Waals surface area (Å²) < 4.78 is 0. The van der Waals surface area contributed by atoms with Gasteiger partial charge >= 0.3 is 0 Å². The molecular formula is C27H44N2O2. The Bertz CT molecular complexity index is 744. The Kier molecular flexibility index (Phi) is 6.31. The smallest absolute Gasteiger partial charge is 0.224 e. The summed E-state index contributed by atoms with van der Waals surface area (Å²) in [5.41, 5.74) is 1.21. The molecule has 1 saturated heterocycles. The van der Waals surface area contributed by atoms with Crippen LogP contribution >= 0.6 is 0 Å². The molecule has 2 N–H and O–H groups in total. The van der Waals surface area contributed by atoms with Gasteiger partial charge in [-0.1, -0.05) is 53.9 Å². The maximum Gasteiger partial charge on any atom is 0.224 e. The fraction of sp³-hybridized carbons (Fsp3) is 0.852. The maximum absolute atomic E-state index is 13.0. The van der Waals surface area contributed by atoms with Gasteiger partial charge in [0.2, 0.25) is 11.8 Å². The molecule has 2 saturated carbocycles. The predicted molar refractivity (Wildman–Crippen MR) is 125 cm³/mol. The summed E-state index contributed by atoms with van der Waals surface area (Å²) in [4.78, 5) is 25.1. The highest BCUT2D eigenvalue weighted by atomic mass is 16.2. The van der Waals surface area contributed by atoms with Crippen LogP contribution in [-0.4, -0.2) is 11.8 Å². The first kappa shape index (κ1) is 22.9. The fourth-order valence-electron chi connectivity index (χ4n) is 8.26. The number of hydrogen-bond acceptors (Lipinski definition) is 2. The summed E-state index contributed by atoms with van der Waals surface area (Å²) in [7, 11) is 0.